The molecule has 1 spiro atoms. The van der Waals surface area contributed by atoms with Gasteiger partial charge in [-0.3, -0.25) is 14.5 Å². The predicted octanol–water partition coefficient (Wildman–Crippen LogP) is 2.05. The van der Waals surface area contributed by atoms with Crippen molar-refractivity contribution in [3.63, 3.8) is 0 Å². The molecule has 0 radical (unpaired) electrons. The lowest BCUT2D eigenvalue weighted by molar-refractivity contribution is -0.136. The van der Waals surface area contributed by atoms with Crippen molar-refractivity contribution in [3.05, 3.63) is 0 Å². The summed E-state index contributed by atoms with van der Waals surface area (Å²) in [5.74, 6) is 0.484. The molecular weight excluding hydrogens is 380 g/mol. The normalized spacial score (nSPS) is 30.8. The van der Waals surface area contributed by atoms with Crippen molar-refractivity contribution in [2.24, 2.45) is 17.3 Å². The Kier molecular flexibility index (Phi) is 7.37. The molecule has 0 aromatic carbocycles. The van der Waals surface area contributed by atoms with Gasteiger partial charge in [0.15, 0.2) is 0 Å². The largest absolute Gasteiger partial charge is 0.354 e. The summed E-state index contributed by atoms with van der Waals surface area (Å²) in [4.78, 5) is 38.7. The zero-order valence-electron chi connectivity index (χ0n) is 17.3. The minimum atomic E-state index is -0.799. The first-order valence-electron chi connectivity index (χ1n) is 10.3. The Bertz CT molecular complexity index is 591. The van der Waals surface area contributed by atoms with Gasteiger partial charge in [-0.25, -0.2) is 4.79 Å². The summed E-state index contributed by atoms with van der Waals surface area (Å²) in [6, 6.07) is -0.427. The van der Waals surface area contributed by atoms with E-state index in [4.69, 9.17) is 0 Å². The molecule has 7 nitrogen and oxygen atoms in total. The number of piperidine rings is 1. The maximum Gasteiger partial charge on any atom is 0.325 e. The smallest absolute Gasteiger partial charge is 0.325 e. The van der Waals surface area contributed by atoms with Crippen LogP contribution in [0.25, 0.3) is 0 Å². The maximum absolute atomic E-state index is 12.9. The molecule has 2 aliphatic heterocycles. The van der Waals surface area contributed by atoms with Crippen molar-refractivity contribution in [1.29, 1.82) is 0 Å². The van der Waals surface area contributed by atoms with Gasteiger partial charge >= 0.3 is 6.03 Å². The first-order valence-corrected chi connectivity index (χ1v) is 10.3. The number of hydrogen-bond donors (Lipinski definition) is 3. The van der Waals surface area contributed by atoms with E-state index in [9.17, 15) is 14.4 Å². The molecule has 1 saturated carbocycles. The van der Waals surface area contributed by atoms with E-state index >= 15 is 0 Å². The van der Waals surface area contributed by atoms with Crippen molar-refractivity contribution in [3.8, 4) is 0 Å². The molecule has 3 fully saturated rings. The fourth-order valence-corrected chi connectivity index (χ4v) is 4.69. The summed E-state index contributed by atoms with van der Waals surface area (Å²) in [7, 11) is 0. The van der Waals surface area contributed by atoms with Crippen LogP contribution in [0.4, 0.5) is 4.79 Å². The van der Waals surface area contributed by atoms with Crippen LogP contribution in [0.1, 0.15) is 59.3 Å². The van der Waals surface area contributed by atoms with Crippen LogP contribution in [0, 0.1) is 17.3 Å². The van der Waals surface area contributed by atoms with Gasteiger partial charge in [-0.1, -0.05) is 20.8 Å². The number of carbonyl (C=O) groups is 3. The fraction of sp³-hybridized carbons (Fsp3) is 0.850. The highest BCUT2D eigenvalue weighted by molar-refractivity contribution is 6.09. The number of carbonyl (C=O) groups excluding carboxylic acids is 3. The third-order valence-electron chi connectivity index (χ3n) is 6.60. The van der Waals surface area contributed by atoms with E-state index in [1.807, 2.05) is 0 Å². The van der Waals surface area contributed by atoms with E-state index in [-0.39, 0.29) is 36.2 Å². The number of imide groups is 1. The maximum atomic E-state index is 12.9. The van der Waals surface area contributed by atoms with Crippen molar-refractivity contribution in [2.75, 3.05) is 26.2 Å². The predicted molar refractivity (Wildman–Crippen MR) is 110 cm³/mol. The van der Waals surface area contributed by atoms with Crippen LogP contribution in [-0.2, 0) is 9.59 Å². The number of hydrogen-bond acceptors (Lipinski definition) is 4. The molecule has 3 rings (SSSR count). The summed E-state index contributed by atoms with van der Waals surface area (Å²) in [6.45, 7) is 9.02. The van der Waals surface area contributed by atoms with E-state index in [1.165, 1.54) is 0 Å². The summed E-state index contributed by atoms with van der Waals surface area (Å²) in [6.07, 6.45) is 5.37. The molecule has 0 aromatic heterocycles. The van der Waals surface area contributed by atoms with Gasteiger partial charge in [0.1, 0.15) is 12.1 Å². The Balaban J connectivity index is 0.00000280. The van der Waals surface area contributed by atoms with Crippen LogP contribution < -0.4 is 16.0 Å². The summed E-state index contributed by atoms with van der Waals surface area (Å²) in [5.41, 5.74) is -0.590. The van der Waals surface area contributed by atoms with E-state index in [0.717, 1.165) is 43.7 Å². The van der Waals surface area contributed by atoms with Crippen LogP contribution in [0.5, 0.6) is 0 Å². The molecule has 28 heavy (non-hydrogen) atoms. The highest BCUT2D eigenvalue weighted by atomic mass is 35.5. The average molecular weight is 415 g/mol. The number of nitrogens with zero attached hydrogens (tertiary/aromatic N) is 1. The molecule has 160 valence electrons. The Morgan fingerprint density at radius 3 is 2.46 bits per heavy atom. The molecular formula is C20H35ClN4O3. The summed E-state index contributed by atoms with van der Waals surface area (Å²) < 4.78 is 0. The number of nitrogens with one attached hydrogen (secondary N) is 3. The SMILES string of the molecule is CC(C)(C)C1CCC2(CC1)NC(=O)N(CC(=O)NCC1CCCNC1)C2=O.Cl. The first-order chi connectivity index (χ1) is 12.7. The Hall–Kier alpha value is -1.34. The van der Waals surface area contributed by atoms with Crippen LogP contribution >= 0.6 is 12.4 Å². The van der Waals surface area contributed by atoms with Crippen molar-refractivity contribution in [1.82, 2.24) is 20.9 Å². The monoisotopic (exact) mass is 414 g/mol. The molecule has 0 aromatic rings. The van der Waals surface area contributed by atoms with Gasteiger partial charge in [-0.2, -0.15) is 0 Å². The molecule has 3 N–H and O–H groups in total. The van der Waals surface area contributed by atoms with Crippen LogP contribution in [-0.4, -0.2) is 54.5 Å². The molecule has 1 unspecified atom stereocenters. The highest BCUT2D eigenvalue weighted by Gasteiger charge is 2.53. The van der Waals surface area contributed by atoms with Crippen LogP contribution in [0.3, 0.4) is 0 Å². The quantitative estimate of drug-likeness (QED) is 0.614. The highest BCUT2D eigenvalue weighted by Crippen LogP contribution is 2.43. The lowest BCUT2D eigenvalue weighted by atomic mass is 9.67. The van der Waals surface area contributed by atoms with E-state index in [1.54, 1.807) is 0 Å². The average Bonchev–Trinajstić information content (AvgIpc) is 2.85. The minimum absolute atomic E-state index is 0. The van der Waals surface area contributed by atoms with Gasteiger partial charge in [0, 0.05) is 6.54 Å². The third-order valence-corrected chi connectivity index (χ3v) is 6.60. The zero-order chi connectivity index (χ0) is 19.7. The van der Waals surface area contributed by atoms with Gasteiger partial charge in [-0.15, -0.1) is 12.4 Å². The summed E-state index contributed by atoms with van der Waals surface area (Å²) in [5, 5.41) is 9.10. The first kappa shape index (κ1) is 22.9. The Morgan fingerprint density at radius 1 is 1.21 bits per heavy atom. The Morgan fingerprint density at radius 2 is 1.89 bits per heavy atom. The van der Waals surface area contributed by atoms with Crippen LogP contribution in [0.2, 0.25) is 0 Å². The van der Waals surface area contributed by atoms with Gasteiger partial charge < -0.3 is 16.0 Å². The Labute approximate surface area is 174 Å². The van der Waals surface area contributed by atoms with Crippen molar-refractivity contribution < 1.29 is 14.4 Å². The molecule has 4 amide bonds. The molecule has 0 bridgehead atoms. The van der Waals surface area contributed by atoms with Crippen LogP contribution in [0.15, 0.2) is 0 Å². The molecule has 2 heterocycles. The van der Waals surface area contributed by atoms with Gasteiger partial charge in [0.25, 0.3) is 5.91 Å². The van der Waals surface area contributed by atoms with Gasteiger partial charge in [0.05, 0.1) is 0 Å². The fourth-order valence-electron chi connectivity index (χ4n) is 4.69. The number of halogens is 1. The lowest BCUT2D eigenvalue weighted by Crippen LogP contribution is -2.51. The standard InChI is InChI=1S/C20H34N4O3.ClH/c1-19(2,3)15-6-8-20(9-7-15)17(26)24(18(27)23-20)13-16(25)22-12-14-5-4-10-21-11-14;/h14-15,21H,4-13H2,1-3H3,(H,22,25)(H,23,27);1H. The molecule has 2 saturated heterocycles. The minimum Gasteiger partial charge on any atom is -0.354 e. The topological polar surface area (TPSA) is 90.5 Å². The van der Waals surface area contributed by atoms with Gasteiger partial charge in [-0.05, 0) is 68.9 Å². The number of rotatable bonds is 4. The molecule has 8 heteroatoms. The second kappa shape index (κ2) is 8.99. The van der Waals surface area contributed by atoms with E-state index in [2.05, 4.69) is 36.7 Å². The van der Waals surface area contributed by atoms with Gasteiger partial charge in [0.2, 0.25) is 5.91 Å². The zero-order valence-corrected chi connectivity index (χ0v) is 18.1. The second-order valence-corrected chi connectivity index (χ2v) is 9.56. The lowest BCUT2D eigenvalue weighted by Gasteiger charge is -2.40. The molecule has 1 atom stereocenters. The number of urea groups is 1. The van der Waals surface area contributed by atoms with E-state index in [0.29, 0.717) is 31.2 Å². The van der Waals surface area contributed by atoms with Crippen molar-refractivity contribution >= 4 is 30.3 Å². The molecule has 3 aliphatic rings. The second-order valence-electron chi connectivity index (χ2n) is 9.56. The molecule has 1 aliphatic carbocycles. The summed E-state index contributed by atoms with van der Waals surface area (Å²) >= 11 is 0. The van der Waals surface area contributed by atoms with E-state index < -0.39 is 11.6 Å². The number of amides is 4. The van der Waals surface area contributed by atoms with Crippen molar-refractivity contribution in [2.45, 2.75) is 64.8 Å². The third kappa shape index (κ3) is 4.98.